The fourth-order valence-electron chi connectivity index (χ4n) is 10.5. The van der Waals surface area contributed by atoms with Gasteiger partial charge in [-0.2, -0.15) is 0 Å². The predicted octanol–water partition coefficient (Wildman–Crippen LogP) is 19.7. The average molecular weight is 1310 g/mol. The molecule has 0 saturated heterocycles. The zero-order valence-electron chi connectivity index (χ0n) is 58.1. The number of carbonyl (C=O) groups excluding carboxylic acids is 4. The first kappa shape index (κ1) is 87.1. The van der Waals surface area contributed by atoms with E-state index in [4.69, 9.17) is 37.0 Å². The second kappa shape index (κ2) is 59.8. The largest absolute Gasteiger partial charge is 0.472 e. The van der Waals surface area contributed by atoms with Crippen LogP contribution in [0.4, 0.5) is 0 Å². The molecule has 0 saturated carbocycles. The lowest BCUT2D eigenvalue weighted by atomic mass is 9.99. The van der Waals surface area contributed by atoms with Gasteiger partial charge in [-0.05, 0) is 49.4 Å². The van der Waals surface area contributed by atoms with E-state index < -0.39 is 97.5 Å². The van der Waals surface area contributed by atoms with Crippen molar-refractivity contribution in [2.75, 3.05) is 39.6 Å². The molecule has 19 heteroatoms. The Morgan fingerprint density at radius 3 is 0.798 bits per heavy atom. The van der Waals surface area contributed by atoms with Crippen LogP contribution >= 0.6 is 15.6 Å². The molecule has 0 aromatic carbocycles. The van der Waals surface area contributed by atoms with Gasteiger partial charge in [0.15, 0.2) is 12.2 Å². The molecule has 0 bridgehead atoms. The second-order valence-corrected chi connectivity index (χ2v) is 29.8. The number of phosphoric acid groups is 2. The number of aliphatic hydroxyl groups is 1. The number of ether oxygens (including phenoxy) is 4. The number of aliphatic hydroxyl groups excluding tert-OH is 1. The molecule has 0 heterocycles. The van der Waals surface area contributed by atoms with Gasteiger partial charge in [0.05, 0.1) is 26.4 Å². The molecule has 0 spiro atoms. The van der Waals surface area contributed by atoms with E-state index in [1.807, 2.05) is 0 Å². The van der Waals surface area contributed by atoms with Gasteiger partial charge in [0.2, 0.25) is 0 Å². The van der Waals surface area contributed by atoms with Crippen molar-refractivity contribution in [1.82, 2.24) is 0 Å². The summed E-state index contributed by atoms with van der Waals surface area (Å²) in [6.07, 6.45) is 41.8. The zero-order chi connectivity index (χ0) is 66.1. The molecule has 0 fully saturated rings. The van der Waals surface area contributed by atoms with E-state index in [0.717, 1.165) is 115 Å². The third-order valence-corrected chi connectivity index (χ3v) is 18.3. The maximum absolute atomic E-state index is 13.0. The Morgan fingerprint density at radius 1 is 0.315 bits per heavy atom. The molecule has 0 aromatic heterocycles. The van der Waals surface area contributed by atoms with Crippen LogP contribution in [0.1, 0.15) is 344 Å². The monoisotopic (exact) mass is 1310 g/mol. The molecule has 89 heavy (non-hydrogen) atoms. The number of carbonyl (C=O) groups is 4. The van der Waals surface area contributed by atoms with Crippen molar-refractivity contribution in [3.63, 3.8) is 0 Å². The summed E-state index contributed by atoms with van der Waals surface area (Å²) in [5.74, 6) is 0.843. The smallest absolute Gasteiger partial charge is 0.462 e. The van der Waals surface area contributed by atoms with E-state index in [1.165, 1.54) is 135 Å². The van der Waals surface area contributed by atoms with Gasteiger partial charge in [0.25, 0.3) is 0 Å². The van der Waals surface area contributed by atoms with Gasteiger partial charge in [0, 0.05) is 25.7 Å². The van der Waals surface area contributed by atoms with Gasteiger partial charge in [0.1, 0.15) is 19.3 Å². The SMILES string of the molecule is CCC(C)CCCCCCCCCCC(=O)O[C@H](COC(=O)CCCCCCCCCC(C)C)COP(=O)(O)OCC(O)COP(=O)(O)OC[C@@H](COC(=O)CCCCCCCCCC(C)C)OC(=O)CCCCCCCCCCCCCCCCC(C)C. The van der Waals surface area contributed by atoms with E-state index >= 15 is 0 Å². The molecule has 3 N–H and O–H groups in total. The van der Waals surface area contributed by atoms with Crippen molar-refractivity contribution < 1.29 is 80.2 Å². The van der Waals surface area contributed by atoms with Crippen molar-refractivity contribution in [2.45, 2.75) is 363 Å². The molecule has 528 valence electrons. The van der Waals surface area contributed by atoms with Crippen LogP contribution in [0.3, 0.4) is 0 Å². The van der Waals surface area contributed by atoms with Crippen molar-refractivity contribution in [1.29, 1.82) is 0 Å². The fourth-order valence-corrected chi connectivity index (χ4v) is 12.0. The van der Waals surface area contributed by atoms with Gasteiger partial charge in [-0.15, -0.1) is 0 Å². The summed E-state index contributed by atoms with van der Waals surface area (Å²) in [6, 6.07) is 0. The van der Waals surface area contributed by atoms with E-state index in [2.05, 4.69) is 55.4 Å². The molecular weight excluding hydrogens is 1170 g/mol. The molecule has 0 aliphatic rings. The standard InChI is InChI=1S/C70H136O17P2/c1-9-63(8)49-41-33-25-18-19-27-37-45-53-70(75)87-66(57-81-68(73)51-43-35-29-21-24-32-40-48-62(6)7)59-85-89(78,79)83-55-64(71)54-82-88(76,77)84-58-65(56-80-67(72)50-42-34-28-20-23-31-39-47-61(4)5)86-69(74)52-44-36-26-17-15-13-11-10-12-14-16-22-30-38-46-60(2)3/h60-66,71H,9-59H2,1-8H3,(H,76,77)(H,78,79)/t63?,64?,65-,66-/m1/s1. The zero-order valence-corrected chi connectivity index (χ0v) is 59.8. The molecule has 6 atom stereocenters. The van der Waals surface area contributed by atoms with Crippen LogP contribution in [0.2, 0.25) is 0 Å². The maximum atomic E-state index is 13.0. The van der Waals surface area contributed by atoms with Crippen molar-refractivity contribution in [2.24, 2.45) is 23.7 Å². The lowest BCUT2D eigenvalue weighted by Crippen LogP contribution is -2.30. The Morgan fingerprint density at radius 2 is 0.539 bits per heavy atom. The number of hydrogen-bond acceptors (Lipinski definition) is 15. The first-order valence-corrected chi connectivity index (χ1v) is 39.2. The summed E-state index contributed by atoms with van der Waals surface area (Å²) in [4.78, 5) is 72.5. The Hall–Kier alpha value is -1.94. The highest BCUT2D eigenvalue weighted by Crippen LogP contribution is 2.45. The fraction of sp³-hybridized carbons (Fsp3) is 0.943. The summed E-state index contributed by atoms with van der Waals surface area (Å²) in [7, 11) is -9.90. The lowest BCUT2D eigenvalue weighted by Gasteiger charge is -2.21. The van der Waals surface area contributed by atoms with E-state index in [1.54, 1.807) is 0 Å². The van der Waals surface area contributed by atoms with Gasteiger partial charge in [-0.1, -0.05) is 293 Å². The molecular formula is C70H136O17P2. The van der Waals surface area contributed by atoms with Gasteiger partial charge >= 0.3 is 39.5 Å². The van der Waals surface area contributed by atoms with Gasteiger partial charge in [-0.3, -0.25) is 37.3 Å². The van der Waals surface area contributed by atoms with Crippen LogP contribution in [-0.2, 0) is 65.4 Å². The average Bonchev–Trinajstić information content (AvgIpc) is 3.51. The Bertz CT molecular complexity index is 1770. The summed E-state index contributed by atoms with van der Waals surface area (Å²) in [5.41, 5.74) is 0. The molecule has 0 rings (SSSR count). The minimum absolute atomic E-state index is 0.104. The van der Waals surface area contributed by atoms with E-state index in [-0.39, 0.29) is 25.7 Å². The quantitative estimate of drug-likeness (QED) is 0.0222. The molecule has 0 aliphatic carbocycles. The topological polar surface area (TPSA) is 237 Å². The minimum atomic E-state index is -4.95. The third kappa shape index (κ3) is 63.2. The molecule has 0 aliphatic heterocycles. The maximum Gasteiger partial charge on any atom is 0.472 e. The van der Waals surface area contributed by atoms with Crippen molar-refractivity contribution in [3.8, 4) is 0 Å². The van der Waals surface area contributed by atoms with Crippen molar-refractivity contribution in [3.05, 3.63) is 0 Å². The molecule has 0 amide bonds. The lowest BCUT2D eigenvalue weighted by molar-refractivity contribution is -0.161. The summed E-state index contributed by atoms with van der Waals surface area (Å²) in [6.45, 7) is 14.1. The molecule has 17 nitrogen and oxygen atoms in total. The van der Waals surface area contributed by atoms with Crippen LogP contribution in [-0.4, -0.2) is 96.7 Å². The second-order valence-electron chi connectivity index (χ2n) is 26.9. The van der Waals surface area contributed by atoms with Crippen LogP contribution in [0, 0.1) is 23.7 Å². The van der Waals surface area contributed by atoms with Gasteiger partial charge < -0.3 is 33.8 Å². The van der Waals surface area contributed by atoms with Crippen molar-refractivity contribution >= 4 is 39.5 Å². The summed E-state index contributed by atoms with van der Waals surface area (Å²) < 4.78 is 68.2. The molecule has 0 aromatic rings. The first-order chi connectivity index (χ1) is 42.6. The number of hydrogen-bond donors (Lipinski definition) is 3. The number of unbranched alkanes of at least 4 members (excludes halogenated alkanes) is 32. The molecule has 4 unspecified atom stereocenters. The van der Waals surface area contributed by atoms with E-state index in [9.17, 15) is 43.2 Å². The first-order valence-electron chi connectivity index (χ1n) is 36.2. The Balaban J connectivity index is 5.23. The number of esters is 4. The van der Waals surface area contributed by atoms with E-state index in [0.29, 0.717) is 37.5 Å². The van der Waals surface area contributed by atoms with Crippen LogP contribution < -0.4 is 0 Å². The third-order valence-electron chi connectivity index (χ3n) is 16.4. The Labute approximate surface area is 543 Å². The normalized spacial score (nSPS) is 14.6. The number of rotatable bonds is 67. The van der Waals surface area contributed by atoms with Crippen LogP contribution in [0.5, 0.6) is 0 Å². The van der Waals surface area contributed by atoms with Crippen LogP contribution in [0.15, 0.2) is 0 Å². The summed E-state index contributed by atoms with van der Waals surface area (Å²) >= 11 is 0. The minimum Gasteiger partial charge on any atom is -0.462 e. The molecule has 0 radical (unpaired) electrons. The van der Waals surface area contributed by atoms with Crippen LogP contribution in [0.25, 0.3) is 0 Å². The highest BCUT2D eigenvalue weighted by atomic mass is 31.2. The Kier molecular flexibility index (Phi) is 58.5. The van der Waals surface area contributed by atoms with Gasteiger partial charge in [-0.25, -0.2) is 9.13 Å². The number of phosphoric ester groups is 2. The highest BCUT2D eigenvalue weighted by Gasteiger charge is 2.30. The summed E-state index contributed by atoms with van der Waals surface area (Å²) in [5, 5.41) is 10.6. The highest BCUT2D eigenvalue weighted by molar-refractivity contribution is 7.47. The predicted molar refractivity (Wildman–Crippen MR) is 358 cm³/mol.